The minimum absolute atomic E-state index is 0.0932. The fourth-order valence-electron chi connectivity index (χ4n) is 4.64. The zero-order valence-electron chi connectivity index (χ0n) is 22.4. The normalized spacial score (nSPS) is 11.6. The number of amides is 1. The van der Waals surface area contributed by atoms with Crippen LogP contribution in [0.3, 0.4) is 0 Å². The van der Waals surface area contributed by atoms with Gasteiger partial charge < -0.3 is 19.8 Å². The first-order valence-electron chi connectivity index (χ1n) is 13.4. The lowest BCUT2D eigenvalue weighted by Gasteiger charge is -2.18. The molecular formula is C34H32N2O4. The Labute approximate surface area is 234 Å². The van der Waals surface area contributed by atoms with E-state index in [-0.39, 0.29) is 18.9 Å². The molecule has 1 atom stereocenters. The number of ether oxygens (including phenoxy) is 2. The highest BCUT2D eigenvalue weighted by Gasteiger charge is 2.24. The van der Waals surface area contributed by atoms with Crippen molar-refractivity contribution in [3.05, 3.63) is 137 Å². The first-order valence-corrected chi connectivity index (χ1v) is 13.4. The molecule has 0 aliphatic heterocycles. The van der Waals surface area contributed by atoms with Crippen LogP contribution in [0.25, 0.3) is 10.9 Å². The maximum atomic E-state index is 13.3. The van der Waals surface area contributed by atoms with E-state index in [2.05, 4.69) is 10.3 Å². The van der Waals surface area contributed by atoms with Crippen LogP contribution in [0, 0.1) is 6.92 Å². The van der Waals surface area contributed by atoms with Gasteiger partial charge in [-0.2, -0.15) is 0 Å². The Morgan fingerprint density at radius 3 is 2.33 bits per heavy atom. The Balaban J connectivity index is 1.23. The molecule has 1 amide bonds. The zero-order chi connectivity index (χ0) is 27.7. The molecule has 0 bridgehead atoms. The van der Waals surface area contributed by atoms with Crippen LogP contribution in [0.15, 0.2) is 109 Å². The second-order valence-electron chi connectivity index (χ2n) is 9.88. The minimum atomic E-state index is -0.829. The number of hydrogen-bond donors (Lipinski definition) is 2. The third kappa shape index (κ3) is 7.17. The molecule has 5 aromatic rings. The Kier molecular flexibility index (Phi) is 8.57. The molecule has 6 heteroatoms. The number of para-hydroxylation sites is 1. The van der Waals surface area contributed by atoms with Crippen LogP contribution in [0.2, 0.25) is 0 Å². The van der Waals surface area contributed by atoms with Crippen molar-refractivity contribution < 1.29 is 19.1 Å². The average Bonchev–Trinajstić information content (AvgIpc) is 3.38. The molecule has 1 aromatic heterocycles. The van der Waals surface area contributed by atoms with E-state index in [1.807, 2.05) is 116 Å². The third-order valence-corrected chi connectivity index (χ3v) is 6.72. The van der Waals surface area contributed by atoms with E-state index < -0.39 is 12.0 Å². The van der Waals surface area contributed by atoms with Gasteiger partial charge in [0.15, 0.2) is 0 Å². The summed E-state index contributed by atoms with van der Waals surface area (Å²) in [6.07, 6.45) is 2.38. The molecule has 5 rings (SSSR count). The number of aryl methyl sites for hydroxylation is 1. The molecule has 6 nitrogen and oxygen atoms in total. The zero-order valence-corrected chi connectivity index (χ0v) is 22.4. The van der Waals surface area contributed by atoms with Crippen molar-refractivity contribution in [2.45, 2.75) is 39.0 Å². The highest BCUT2D eigenvalue weighted by atomic mass is 16.5. The highest BCUT2D eigenvalue weighted by molar-refractivity contribution is 5.88. The van der Waals surface area contributed by atoms with Crippen LogP contribution >= 0.6 is 0 Å². The lowest BCUT2D eigenvalue weighted by atomic mass is 10.0. The Morgan fingerprint density at radius 2 is 1.52 bits per heavy atom. The maximum Gasteiger partial charge on any atom is 0.329 e. The van der Waals surface area contributed by atoms with Crippen LogP contribution in [-0.2, 0) is 40.4 Å². The quantitative estimate of drug-likeness (QED) is 0.202. The molecule has 0 fully saturated rings. The summed E-state index contributed by atoms with van der Waals surface area (Å²) in [5.74, 6) is 0.0270. The van der Waals surface area contributed by atoms with Gasteiger partial charge in [0.25, 0.3) is 0 Å². The van der Waals surface area contributed by atoms with E-state index in [0.29, 0.717) is 13.0 Å². The maximum absolute atomic E-state index is 13.3. The van der Waals surface area contributed by atoms with Gasteiger partial charge in [-0.15, -0.1) is 0 Å². The fraction of sp³-hybridized carbons (Fsp3) is 0.176. The number of nitrogens with one attached hydrogen (secondary N) is 2. The number of benzene rings is 4. The summed E-state index contributed by atoms with van der Waals surface area (Å²) in [6.45, 7) is 2.56. The number of carbonyl (C=O) groups excluding carboxylic acids is 2. The van der Waals surface area contributed by atoms with E-state index >= 15 is 0 Å². The van der Waals surface area contributed by atoms with Crippen LogP contribution < -0.4 is 10.1 Å². The van der Waals surface area contributed by atoms with Gasteiger partial charge >= 0.3 is 5.97 Å². The van der Waals surface area contributed by atoms with Gasteiger partial charge in [-0.3, -0.25) is 4.79 Å². The summed E-state index contributed by atoms with van der Waals surface area (Å²) in [7, 11) is 0. The topological polar surface area (TPSA) is 80.4 Å². The standard InChI is InChI=1S/C34H32N2O4/c1-24-8-7-11-27(18-24)19-33(37)36-32(20-28-21-35-31-13-6-5-12-30(28)31)34(38)40-23-26-14-16-29(17-15-26)39-22-25-9-3-2-4-10-25/h2-18,21,32,35H,19-20,22-23H2,1H3,(H,36,37)/t32-/m0/s1. The predicted molar refractivity (Wildman–Crippen MR) is 156 cm³/mol. The van der Waals surface area contributed by atoms with Gasteiger partial charge in [0.05, 0.1) is 6.42 Å². The summed E-state index contributed by atoms with van der Waals surface area (Å²) < 4.78 is 11.5. The molecule has 0 unspecified atom stereocenters. The molecule has 1 heterocycles. The Bertz CT molecular complexity index is 1570. The van der Waals surface area contributed by atoms with E-state index in [4.69, 9.17) is 9.47 Å². The minimum Gasteiger partial charge on any atom is -0.489 e. The number of hydrogen-bond acceptors (Lipinski definition) is 4. The SMILES string of the molecule is Cc1cccc(CC(=O)N[C@@H](Cc2c[nH]c3ccccc23)C(=O)OCc2ccc(OCc3ccccc3)cc2)c1. The Hall–Kier alpha value is -4.84. The van der Waals surface area contributed by atoms with Crippen LogP contribution in [-0.4, -0.2) is 22.9 Å². The largest absolute Gasteiger partial charge is 0.489 e. The van der Waals surface area contributed by atoms with Gasteiger partial charge in [0, 0.05) is 23.5 Å². The van der Waals surface area contributed by atoms with E-state index in [1.54, 1.807) is 0 Å². The smallest absolute Gasteiger partial charge is 0.329 e. The molecule has 0 saturated heterocycles. The van der Waals surface area contributed by atoms with Gasteiger partial charge in [0.1, 0.15) is 25.0 Å². The van der Waals surface area contributed by atoms with Crippen molar-refractivity contribution in [3.8, 4) is 5.75 Å². The van der Waals surface area contributed by atoms with Crippen molar-refractivity contribution in [1.82, 2.24) is 10.3 Å². The number of carbonyl (C=O) groups is 2. The molecule has 202 valence electrons. The van der Waals surface area contributed by atoms with Gasteiger partial charge in [-0.1, -0.05) is 90.5 Å². The average molecular weight is 533 g/mol. The number of H-pyrrole nitrogens is 1. The van der Waals surface area contributed by atoms with Crippen molar-refractivity contribution in [2.24, 2.45) is 0 Å². The van der Waals surface area contributed by atoms with Crippen molar-refractivity contribution in [3.63, 3.8) is 0 Å². The van der Waals surface area contributed by atoms with Crippen molar-refractivity contribution in [1.29, 1.82) is 0 Å². The van der Waals surface area contributed by atoms with Crippen molar-refractivity contribution >= 4 is 22.8 Å². The molecule has 2 N–H and O–H groups in total. The number of aromatic amines is 1. The summed E-state index contributed by atoms with van der Waals surface area (Å²) in [4.78, 5) is 29.5. The first kappa shape index (κ1) is 26.8. The molecule has 0 saturated carbocycles. The van der Waals surface area contributed by atoms with Crippen LogP contribution in [0.4, 0.5) is 0 Å². The monoisotopic (exact) mass is 532 g/mol. The third-order valence-electron chi connectivity index (χ3n) is 6.72. The molecule has 4 aromatic carbocycles. The highest BCUT2D eigenvalue weighted by Crippen LogP contribution is 2.20. The number of rotatable bonds is 11. The molecule has 0 radical (unpaired) electrons. The van der Waals surface area contributed by atoms with Crippen LogP contribution in [0.5, 0.6) is 5.75 Å². The second-order valence-corrected chi connectivity index (χ2v) is 9.88. The van der Waals surface area contributed by atoms with E-state index in [1.165, 1.54) is 0 Å². The van der Waals surface area contributed by atoms with E-state index in [0.717, 1.165) is 44.5 Å². The predicted octanol–water partition coefficient (Wildman–Crippen LogP) is 6.07. The molecular weight excluding hydrogens is 500 g/mol. The van der Waals surface area contributed by atoms with Gasteiger partial charge in [-0.25, -0.2) is 4.79 Å². The molecule has 0 aliphatic rings. The fourth-order valence-corrected chi connectivity index (χ4v) is 4.64. The summed E-state index contributed by atoms with van der Waals surface area (Å²) >= 11 is 0. The van der Waals surface area contributed by atoms with E-state index in [9.17, 15) is 9.59 Å². The molecule has 0 spiro atoms. The number of aromatic nitrogens is 1. The van der Waals surface area contributed by atoms with Crippen molar-refractivity contribution in [2.75, 3.05) is 0 Å². The molecule has 0 aliphatic carbocycles. The van der Waals surface area contributed by atoms with Gasteiger partial charge in [0.2, 0.25) is 5.91 Å². The van der Waals surface area contributed by atoms with Crippen LogP contribution in [0.1, 0.15) is 27.8 Å². The Morgan fingerprint density at radius 1 is 0.800 bits per heavy atom. The number of esters is 1. The molecule has 40 heavy (non-hydrogen) atoms. The lowest BCUT2D eigenvalue weighted by molar-refractivity contribution is -0.149. The number of fused-ring (bicyclic) bond motifs is 1. The second kappa shape index (κ2) is 12.8. The lowest BCUT2D eigenvalue weighted by Crippen LogP contribution is -2.44. The first-order chi connectivity index (χ1) is 19.5. The summed E-state index contributed by atoms with van der Waals surface area (Å²) in [6, 6.07) is 32.3. The summed E-state index contributed by atoms with van der Waals surface area (Å²) in [5.41, 5.74) is 5.81. The van der Waals surface area contributed by atoms with Gasteiger partial charge in [-0.05, 0) is 47.4 Å². The summed E-state index contributed by atoms with van der Waals surface area (Å²) in [5, 5.41) is 3.93.